The first kappa shape index (κ1) is 23.7. The van der Waals surface area contributed by atoms with Crippen molar-refractivity contribution in [3.63, 3.8) is 0 Å². The summed E-state index contributed by atoms with van der Waals surface area (Å²) < 4.78 is 40.0. The summed E-state index contributed by atoms with van der Waals surface area (Å²) in [6.45, 7) is 4.92. The fraction of sp³-hybridized carbons (Fsp3) is 0.714. The summed E-state index contributed by atoms with van der Waals surface area (Å²) in [5.41, 5.74) is 1.67. The first-order valence-corrected chi connectivity index (χ1v) is 13.0. The number of halogens is 2. The molecular formula is C28H40F2O2. The van der Waals surface area contributed by atoms with E-state index >= 15 is 0 Å². The number of benzene rings is 1. The highest BCUT2D eigenvalue weighted by Crippen LogP contribution is 2.44. The number of rotatable bonds is 7. The van der Waals surface area contributed by atoms with Crippen molar-refractivity contribution in [3.8, 4) is 5.75 Å². The second-order valence-electron chi connectivity index (χ2n) is 10.2. The van der Waals surface area contributed by atoms with E-state index in [1.807, 2.05) is 0 Å². The summed E-state index contributed by atoms with van der Waals surface area (Å²) in [5, 5.41) is 0. The molecule has 0 radical (unpaired) electrons. The van der Waals surface area contributed by atoms with E-state index < -0.39 is 17.7 Å². The second kappa shape index (κ2) is 11.1. The summed E-state index contributed by atoms with van der Waals surface area (Å²) >= 11 is 0. The van der Waals surface area contributed by atoms with Crippen LogP contribution >= 0.6 is 0 Å². The average Bonchev–Trinajstić information content (AvgIpc) is 2.83. The molecule has 0 saturated heterocycles. The van der Waals surface area contributed by atoms with Crippen molar-refractivity contribution in [3.05, 3.63) is 41.0 Å². The molecule has 1 unspecified atom stereocenters. The molecule has 2 saturated carbocycles. The Kier molecular flexibility index (Phi) is 8.26. The van der Waals surface area contributed by atoms with Crippen LogP contribution in [0.5, 0.6) is 5.75 Å². The molecule has 0 amide bonds. The maximum Gasteiger partial charge on any atom is 0.200 e. The zero-order valence-electron chi connectivity index (χ0n) is 19.9. The first-order chi connectivity index (χ1) is 15.6. The lowest BCUT2D eigenvalue weighted by molar-refractivity contribution is 0.0491. The van der Waals surface area contributed by atoms with Crippen LogP contribution in [0.1, 0.15) is 96.1 Å². The van der Waals surface area contributed by atoms with Gasteiger partial charge in [0.05, 0.1) is 19.3 Å². The minimum Gasteiger partial charge on any atom is -0.491 e. The summed E-state index contributed by atoms with van der Waals surface area (Å²) in [6.07, 6.45) is 16.2. The molecule has 178 valence electrons. The van der Waals surface area contributed by atoms with E-state index in [1.165, 1.54) is 75.8 Å². The Morgan fingerprint density at radius 3 is 2.19 bits per heavy atom. The van der Waals surface area contributed by atoms with E-state index in [4.69, 9.17) is 9.47 Å². The van der Waals surface area contributed by atoms with Crippen LogP contribution in [-0.4, -0.2) is 13.2 Å². The third-order valence-electron chi connectivity index (χ3n) is 8.32. The van der Waals surface area contributed by atoms with Crippen LogP contribution in [0, 0.1) is 35.3 Å². The van der Waals surface area contributed by atoms with E-state index in [-0.39, 0.29) is 5.75 Å². The van der Waals surface area contributed by atoms with Crippen molar-refractivity contribution < 1.29 is 18.3 Å². The molecule has 1 atom stereocenters. The highest BCUT2D eigenvalue weighted by molar-refractivity contribution is 5.33. The molecule has 2 aliphatic carbocycles. The lowest BCUT2D eigenvalue weighted by Gasteiger charge is -2.39. The van der Waals surface area contributed by atoms with E-state index in [9.17, 15) is 8.78 Å². The van der Waals surface area contributed by atoms with Crippen LogP contribution in [-0.2, 0) is 4.74 Å². The van der Waals surface area contributed by atoms with E-state index in [0.29, 0.717) is 31.1 Å². The first-order valence-electron chi connectivity index (χ1n) is 13.0. The minimum atomic E-state index is -0.912. The zero-order chi connectivity index (χ0) is 22.5. The molecule has 1 aromatic rings. The maximum atomic E-state index is 14.6. The minimum absolute atomic E-state index is 0.0311. The van der Waals surface area contributed by atoms with Crippen LogP contribution < -0.4 is 4.74 Å². The monoisotopic (exact) mass is 446 g/mol. The Labute approximate surface area is 192 Å². The Hall–Kier alpha value is -1.42. The van der Waals surface area contributed by atoms with Crippen LogP contribution in [0.2, 0.25) is 0 Å². The van der Waals surface area contributed by atoms with Crippen molar-refractivity contribution in [2.45, 2.75) is 90.6 Å². The lowest BCUT2D eigenvalue weighted by Crippen LogP contribution is -2.27. The third kappa shape index (κ3) is 5.38. The quantitative estimate of drug-likeness (QED) is 0.393. The van der Waals surface area contributed by atoms with Crippen molar-refractivity contribution in [1.82, 2.24) is 0 Å². The molecule has 0 spiro atoms. The predicted molar refractivity (Wildman–Crippen MR) is 125 cm³/mol. The Bertz CT molecular complexity index is 774. The third-order valence-corrected chi connectivity index (χ3v) is 8.32. The molecule has 0 N–H and O–H groups in total. The van der Waals surface area contributed by atoms with Gasteiger partial charge in [-0.1, -0.05) is 38.7 Å². The second-order valence-corrected chi connectivity index (χ2v) is 10.2. The van der Waals surface area contributed by atoms with Gasteiger partial charge in [-0.05, 0) is 93.2 Å². The van der Waals surface area contributed by atoms with Gasteiger partial charge in [0.25, 0.3) is 0 Å². The zero-order valence-corrected chi connectivity index (χ0v) is 19.9. The van der Waals surface area contributed by atoms with Crippen molar-refractivity contribution in [2.75, 3.05) is 13.2 Å². The average molecular weight is 447 g/mol. The summed E-state index contributed by atoms with van der Waals surface area (Å²) in [4.78, 5) is 0. The Balaban J connectivity index is 1.28. The van der Waals surface area contributed by atoms with Crippen LogP contribution in [0.15, 0.2) is 23.8 Å². The lowest BCUT2D eigenvalue weighted by atomic mass is 9.67. The topological polar surface area (TPSA) is 18.5 Å². The molecule has 4 rings (SSSR count). The van der Waals surface area contributed by atoms with Gasteiger partial charge in [0.2, 0.25) is 5.82 Å². The largest absolute Gasteiger partial charge is 0.491 e. The fourth-order valence-corrected chi connectivity index (χ4v) is 6.46. The smallest absolute Gasteiger partial charge is 0.200 e. The van der Waals surface area contributed by atoms with Crippen LogP contribution in [0.3, 0.4) is 0 Å². The normalized spacial score (nSPS) is 31.2. The number of hydrogen-bond acceptors (Lipinski definition) is 2. The summed E-state index contributed by atoms with van der Waals surface area (Å²) in [5.74, 6) is 1.66. The highest BCUT2D eigenvalue weighted by Gasteiger charge is 2.33. The standard InChI is InChI=1S/C28H40F2O2/c1-3-5-19-6-8-20(9-7-19)21-10-12-22(13-11-21)23-14-16-25(32-18-23)24-15-17-26(31-4-2)28(30)27(24)29/h14-15,17,19-22,25H,3-13,16,18H2,1-2H3. The van der Waals surface area contributed by atoms with E-state index in [0.717, 1.165) is 17.8 Å². The van der Waals surface area contributed by atoms with Gasteiger partial charge in [-0.15, -0.1) is 0 Å². The van der Waals surface area contributed by atoms with Gasteiger partial charge in [0.15, 0.2) is 11.6 Å². The maximum absolute atomic E-state index is 14.6. The molecule has 1 aliphatic heterocycles. The fourth-order valence-electron chi connectivity index (χ4n) is 6.46. The van der Waals surface area contributed by atoms with Gasteiger partial charge < -0.3 is 9.47 Å². The summed E-state index contributed by atoms with van der Waals surface area (Å²) in [6, 6.07) is 3.12. The van der Waals surface area contributed by atoms with Gasteiger partial charge in [0, 0.05) is 5.56 Å². The highest BCUT2D eigenvalue weighted by atomic mass is 19.2. The molecule has 2 fully saturated rings. The molecule has 1 aromatic carbocycles. The predicted octanol–water partition coefficient (Wildman–Crippen LogP) is 8.16. The van der Waals surface area contributed by atoms with Gasteiger partial charge >= 0.3 is 0 Å². The molecular weight excluding hydrogens is 406 g/mol. The molecule has 4 heteroatoms. The van der Waals surface area contributed by atoms with Crippen LogP contribution in [0.4, 0.5) is 8.78 Å². The van der Waals surface area contributed by atoms with Gasteiger partial charge in [-0.25, -0.2) is 4.39 Å². The van der Waals surface area contributed by atoms with Gasteiger partial charge in [0.1, 0.15) is 0 Å². The SMILES string of the molecule is CCCC1CCC(C2CCC(C3=CCC(c4ccc(OCC)c(F)c4F)OC3)CC2)CC1. The number of ether oxygens (including phenoxy) is 2. The van der Waals surface area contributed by atoms with E-state index in [1.54, 1.807) is 13.0 Å². The molecule has 1 heterocycles. The summed E-state index contributed by atoms with van der Waals surface area (Å²) in [7, 11) is 0. The van der Waals surface area contributed by atoms with Crippen molar-refractivity contribution in [1.29, 1.82) is 0 Å². The van der Waals surface area contributed by atoms with Crippen molar-refractivity contribution >= 4 is 0 Å². The molecule has 0 aromatic heterocycles. The van der Waals surface area contributed by atoms with Crippen molar-refractivity contribution in [2.24, 2.45) is 23.7 Å². The molecule has 32 heavy (non-hydrogen) atoms. The van der Waals surface area contributed by atoms with E-state index in [2.05, 4.69) is 13.0 Å². The molecule has 0 bridgehead atoms. The van der Waals surface area contributed by atoms with Crippen LogP contribution in [0.25, 0.3) is 0 Å². The molecule has 3 aliphatic rings. The molecule has 2 nitrogen and oxygen atoms in total. The van der Waals surface area contributed by atoms with Gasteiger partial charge in [-0.2, -0.15) is 4.39 Å². The Morgan fingerprint density at radius 2 is 1.59 bits per heavy atom. The Morgan fingerprint density at radius 1 is 0.906 bits per heavy atom. The number of hydrogen-bond donors (Lipinski definition) is 0. The van der Waals surface area contributed by atoms with Gasteiger partial charge in [-0.3, -0.25) is 0 Å².